The van der Waals surface area contributed by atoms with Crippen molar-refractivity contribution in [2.45, 2.75) is 58.5 Å². The molecule has 150 valence electrons. The summed E-state index contributed by atoms with van der Waals surface area (Å²) in [7, 11) is 0. The third-order valence-electron chi connectivity index (χ3n) is 8.59. The van der Waals surface area contributed by atoms with Crippen LogP contribution in [-0.2, 0) is 0 Å². The number of hydrogen-bond acceptors (Lipinski definition) is 4. The number of allylic oxidation sites excluding steroid dienone is 2. The minimum absolute atomic E-state index is 0.00833. The van der Waals surface area contributed by atoms with Gasteiger partial charge in [-0.2, -0.15) is 0 Å². The van der Waals surface area contributed by atoms with Crippen molar-refractivity contribution in [1.29, 1.82) is 0 Å². The van der Waals surface area contributed by atoms with E-state index in [1.807, 2.05) is 11.3 Å². The van der Waals surface area contributed by atoms with Crippen molar-refractivity contribution < 1.29 is 15.3 Å². The molecule has 2 saturated carbocycles. The Morgan fingerprint density at radius 2 is 1.93 bits per heavy atom. The van der Waals surface area contributed by atoms with Gasteiger partial charge in [-0.05, 0) is 90.0 Å². The lowest BCUT2D eigenvalue weighted by Gasteiger charge is -2.56. The molecule has 7 atom stereocenters. The van der Waals surface area contributed by atoms with Gasteiger partial charge in [0.15, 0.2) is 0 Å². The minimum Gasteiger partial charge on any atom is -0.396 e. The van der Waals surface area contributed by atoms with Gasteiger partial charge in [0, 0.05) is 18.1 Å². The zero-order chi connectivity index (χ0) is 19.2. The van der Waals surface area contributed by atoms with Gasteiger partial charge in [-0.15, -0.1) is 11.3 Å². The summed E-state index contributed by atoms with van der Waals surface area (Å²) >= 11 is 1.82. The maximum absolute atomic E-state index is 10.5. The number of aliphatic hydroxyl groups excluding tert-OH is 3. The van der Waals surface area contributed by atoms with Crippen LogP contribution in [-0.4, -0.2) is 34.6 Å². The Bertz CT molecular complexity index is 684. The van der Waals surface area contributed by atoms with Gasteiger partial charge in [-0.25, -0.2) is 0 Å². The molecule has 0 amide bonds. The highest BCUT2D eigenvalue weighted by Gasteiger charge is 2.56. The molecule has 3 aliphatic carbocycles. The predicted octanol–water partition coefficient (Wildman–Crippen LogP) is 4.34. The second-order valence-electron chi connectivity index (χ2n) is 9.66. The molecule has 3 nitrogen and oxygen atoms in total. The van der Waals surface area contributed by atoms with E-state index in [0.29, 0.717) is 18.3 Å². The van der Waals surface area contributed by atoms with E-state index in [1.165, 1.54) is 10.5 Å². The lowest BCUT2D eigenvalue weighted by molar-refractivity contribution is -0.103. The summed E-state index contributed by atoms with van der Waals surface area (Å²) in [6, 6.07) is 4.36. The van der Waals surface area contributed by atoms with Crippen LogP contribution in [0.3, 0.4) is 0 Å². The van der Waals surface area contributed by atoms with Crippen LogP contribution >= 0.6 is 11.3 Å². The fraction of sp³-hybridized carbons (Fsp3) is 0.739. The zero-order valence-electron chi connectivity index (χ0n) is 16.6. The first-order chi connectivity index (χ1) is 12.9. The van der Waals surface area contributed by atoms with Crippen LogP contribution < -0.4 is 0 Å². The molecule has 3 aliphatic rings. The lowest BCUT2D eigenvalue weighted by Crippen LogP contribution is -2.52. The second kappa shape index (κ2) is 7.29. The van der Waals surface area contributed by atoms with E-state index >= 15 is 0 Å². The van der Waals surface area contributed by atoms with Crippen LogP contribution in [0, 0.1) is 34.5 Å². The van der Waals surface area contributed by atoms with Crippen molar-refractivity contribution in [3.05, 3.63) is 28.5 Å². The van der Waals surface area contributed by atoms with Crippen molar-refractivity contribution in [3.63, 3.8) is 0 Å². The molecule has 0 bridgehead atoms. The van der Waals surface area contributed by atoms with Gasteiger partial charge in [-0.3, -0.25) is 0 Å². The number of thiophene rings is 1. The van der Waals surface area contributed by atoms with Crippen LogP contribution in [0.2, 0.25) is 0 Å². The molecule has 7 unspecified atom stereocenters. The maximum Gasteiger partial charge on any atom is 0.0544 e. The van der Waals surface area contributed by atoms with Gasteiger partial charge >= 0.3 is 0 Å². The summed E-state index contributed by atoms with van der Waals surface area (Å²) < 4.78 is 0. The Balaban J connectivity index is 1.62. The average Bonchev–Trinajstić information content (AvgIpc) is 3.29. The number of fused-ring (bicyclic) bond motifs is 1. The molecular formula is C23H34O3S. The fourth-order valence-electron chi connectivity index (χ4n) is 6.91. The lowest BCUT2D eigenvalue weighted by atomic mass is 9.49. The number of aliphatic hydroxyl groups is 3. The van der Waals surface area contributed by atoms with Crippen molar-refractivity contribution in [2.75, 3.05) is 13.2 Å². The predicted molar refractivity (Wildman–Crippen MR) is 110 cm³/mol. The molecule has 0 saturated heterocycles. The Morgan fingerprint density at radius 3 is 2.59 bits per heavy atom. The highest BCUT2D eigenvalue weighted by Crippen LogP contribution is 2.64. The van der Waals surface area contributed by atoms with Gasteiger partial charge in [0.1, 0.15) is 0 Å². The first-order valence-electron chi connectivity index (χ1n) is 10.6. The van der Waals surface area contributed by atoms with Crippen molar-refractivity contribution >= 4 is 16.9 Å². The summed E-state index contributed by atoms with van der Waals surface area (Å²) in [6.07, 6.45) is 7.92. The highest BCUT2D eigenvalue weighted by atomic mass is 32.1. The van der Waals surface area contributed by atoms with Gasteiger partial charge in [0.05, 0.1) is 6.10 Å². The third-order valence-corrected chi connectivity index (χ3v) is 9.49. The fourth-order valence-corrected chi connectivity index (χ4v) is 7.81. The number of rotatable bonds is 4. The minimum atomic E-state index is -0.282. The highest BCUT2D eigenvalue weighted by molar-refractivity contribution is 7.11. The molecule has 27 heavy (non-hydrogen) atoms. The number of hydrogen-bond donors (Lipinski definition) is 3. The summed E-state index contributed by atoms with van der Waals surface area (Å²) in [5.41, 5.74) is 1.64. The zero-order valence-corrected chi connectivity index (χ0v) is 17.4. The molecule has 0 radical (unpaired) electrons. The molecule has 3 N–H and O–H groups in total. The Kier molecular flexibility index (Phi) is 5.30. The van der Waals surface area contributed by atoms with Crippen LogP contribution in [0.5, 0.6) is 0 Å². The smallest absolute Gasteiger partial charge is 0.0544 e. The molecule has 4 heteroatoms. The molecule has 0 aromatic carbocycles. The molecule has 0 spiro atoms. The van der Waals surface area contributed by atoms with E-state index in [0.717, 1.165) is 32.1 Å². The topological polar surface area (TPSA) is 60.7 Å². The first kappa shape index (κ1) is 19.6. The van der Waals surface area contributed by atoms with Gasteiger partial charge in [-0.1, -0.05) is 26.0 Å². The Labute approximate surface area is 167 Å². The molecular weight excluding hydrogens is 356 g/mol. The molecule has 1 aromatic heterocycles. The summed E-state index contributed by atoms with van der Waals surface area (Å²) in [5.74, 6) is 1.30. The first-order valence-corrected chi connectivity index (χ1v) is 11.5. The molecule has 2 fully saturated rings. The average molecular weight is 391 g/mol. The van der Waals surface area contributed by atoms with Gasteiger partial charge in [0.2, 0.25) is 0 Å². The Morgan fingerprint density at radius 1 is 1.11 bits per heavy atom. The molecule has 1 heterocycles. The summed E-state index contributed by atoms with van der Waals surface area (Å²) in [4.78, 5) is 1.38. The third kappa shape index (κ3) is 3.04. The second-order valence-corrected chi connectivity index (χ2v) is 10.6. The van der Waals surface area contributed by atoms with E-state index in [1.54, 1.807) is 0 Å². The van der Waals surface area contributed by atoms with E-state index < -0.39 is 0 Å². The van der Waals surface area contributed by atoms with Gasteiger partial charge in [0.25, 0.3) is 0 Å². The van der Waals surface area contributed by atoms with Crippen LogP contribution in [0.1, 0.15) is 57.2 Å². The van der Waals surface area contributed by atoms with E-state index in [2.05, 4.69) is 37.4 Å². The van der Waals surface area contributed by atoms with Crippen LogP contribution in [0.25, 0.3) is 5.57 Å². The van der Waals surface area contributed by atoms with Crippen LogP contribution in [0.4, 0.5) is 0 Å². The Hall–Kier alpha value is -0.680. The van der Waals surface area contributed by atoms with Crippen molar-refractivity contribution in [3.8, 4) is 0 Å². The SMILES string of the molecule is CC12CCC(C3(C)CCC(O)CC3CO)C(CO)C1CC=C2c1cccs1. The monoisotopic (exact) mass is 390 g/mol. The van der Waals surface area contributed by atoms with E-state index in [-0.39, 0.29) is 42.0 Å². The maximum atomic E-state index is 10.5. The molecule has 0 aliphatic heterocycles. The summed E-state index contributed by atoms with van der Waals surface area (Å²) in [5, 5.41) is 32.8. The standard InChI is InChI=1S/C23H34O3S/c1-22(9-7-16(26)12-15(22)13-24)19-8-10-23(2)18(17(19)14-25)5-6-20(23)21-4-3-11-27-21/h3-4,6,11,15-19,24-26H,5,7-10,12-14H2,1-2H3. The normalized spacial score (nSPS) is 44.8. The molecule has 4 rings (SSSR count). The quantitative estimate of drug-likeness (QED) is 0.717. The van der Waals surface area contributed by atoms with Crippen molar-refractivity contribution in [2.24, 2.45) is 34.5 Å². The van der Waals surface area contributed by atoms with Crippen molar-refractivity contribution in [1.82, 2.24) is 0 Å². The van der Waals surface area contributed by atoms with E-state index in [4.69, 9.17) is 0 Å². The van der Waals surface area contributed by atoms with Crippen LogP contribution in [0.15, 0.2) is 23.6 Å². The largest absolute Gasteiger partial charge is 0.396 e. The van der Waals surface area contributed by atoms with E-state index in [9.17, 15) is 15.3 Å². The summed E-state index contributed by atoms with van der Waals surface area (Å²) in [6.45, 7) is 5.10. The molecule has 1 aromatic rings. The van der Waals surface area contributed by atoms with Gasteiger partial charge < -0.3 is 15.3 Å².